The number of carbonyl (C=O) groups is 1. The maximum atomic E-state index is 12.4. The predicted octanol–water partition coefficient (Wildman–Crippen LogP) is 1.81. The number of rotatable bonds is 11. The molecule has 3 unspecified atom stereocenters. The van der Waals surface area contributed by atoms with Gasteiger partial charge in [0.1, 0.15) is 24.1 Å². The average Bonchev–Trinajstić information content (AvgIpc) is 3.19. The highest BCUT2D eigenvalue weighted by Crippen LogP contribution is 2.60. The minimum Gasteiger partial charge on any atom is -0.387 e. The monoisotopic (exact) mass is 599 g/mol. The number of ether oxygens (including phenoxy) is 1. The molecule has 0 aliphatic carbocycles. The molecule has 2 heterocycles. The Morgan fingerprint density at radius 2 is 1.75 bits per heavy atom. The Kier molecular flexibility index (Phi) is 9.33. The van der Waals surface area contributed by atoms with Gasteiger partial charge in [0.05, 0.1) is 13.2 Å². The highest BCUT2D eigenvalue weighted by atomic mass is 31.3. The fraction of sp³-hybridized carbons (Fsp3) is 0.348. The lowest BCUT2D eigenvalue weighted by atomic mass is 10.1. The molecule has 1 saturated heterocycles. The molecule has 0 saturated carbocycles. The molecular weight excluding hydrogens is 572 g/mol. The van der Waals surface area contributed by atoms with Crippen LogP contribution in [0.1, 0.15) is 25.1 Å². The fourth-order valence-electron chi connectivity index (χ4n) is 3.83. The third kappa shape index (κ3) is 7.47. The number of nitrogens with one attached hydrogen (secondary N) is 1. The van der Waals surface area contributed by atoms with Gasteiger partial charge in [-0.1, -0.05) is 43.3 Å². The van der Waals surface area contributed by atoms with E-state index in [1.807, 2.05) is 24.3 Å². The molecule has 4 rings (SSSR count). The van der Waals surface area contributed by atoms with Gasteiger partial charge in [-0.2, -0.15) is 9.29 Å². The van der Waals surface area contributed by atoms with Crippen LogP contribution in [0.2, 0.25) is 0 Å². The normalized spacial score (nSPS) is 23.9. The van der Waals surface area contributed by atoms with Crippen molar-refractivity contribution < 1.29 is 52.0 Å². The lowest BCUT2D eigenvalue weighted by molar-refractivity contribution is -0.115. The van der Waals surface area contributed by atoms with Crippen molar-refractivity contribution in [3.8, 4) is 0 Å². The topological polar surface area (TPSA) is 216 Å². The number of hydrogen-bond donors (Lipinski definition) is 5. The standard InChI is InChI=1S/C23H27N3O12P2/c1-2-19(27)24-18-9-10-26(23(30)25-18)22-21(29)20(28)17(37-22)13-36-40(33,34)38-39(31,32)35-12-14-7-8-15-5-3-4-6-16(15)11-14/h3-11,17,20-22,28-29H,2,12-13H2,1H3,(H,31,32)(H,33,34)(H,24,25,27,30)/t17-,20+,21?,22-/m1/s1. The summed E-state index contributed by atoms with van der Waals surface area (Å²) in [5.74, 6) is -0.410. The second-order valence-corrected chi connectivity index (χ2v) is 11.8. The van der Waals surface area contributed by atoms with E-state index in [2.05, 4.69) is 14.6 Å². The van der Waals surface area contributed by atoms with E-state index < -0.39 is 59.1 Å². The minimum absolute atomic E-state index is 0.0318. The van der Waals surface area contributed by atoms with Crippen molar-refractivity contribution in [2.75, 3.05) is 11.9 Å². The molecule has 1 aliphatic heterocycles. The number of hydrogen-bond acceptors (Lipinski definition) is 11. The highest BCUT2D eigenvalue weighted by molar-refractivity contribution is 7.61. The van der Waals surface area contributed by atoms with Crippen LogP contribution in [0, 0.1) is 0 Å². The first-order valence-electron chi connectivity index (χ1n) is 11.9. The highest BCUT2D eigenvalue weighted by Gasteiger charge is 2.46. The van der Waals surface area contributed by atoms with Crippen molar-refractivity contribution in [3.05, 3.63) is 70.8 Å². The van der Waals surface area contributed by atoms with E-state index in [1.54, 1.807) is 25.1 Å². The van der Waals surface area contributed by atoms with Gasteiger partial charge in [0.25, 0.3) is 0 Å². The SMILES string of the molecule is CCC(=O)Nc1ccn([C@@H]2O[C@H](COP(=O)(O)OP(=O)(O)OCc3ccc4ccccc4c3)[C@H](O)C2O)c(=O)n1. The number of nitrogens with zero attached hydrogens (tertiary/aromatic N) is 2. The third-order valence-corrected chi connectivity index (χ3v) is 8.43. The Hall–Kier alpha value is -2.81. The molecule has 0 spiro atoms. The lowest BCUT2D eigenvalue weighted by Gasteiger charge is -2.19. The summed E-state index contributed by atoms with van der Waals surface area (Å²) in [5, 5.41) is 24.9. The zero-order valence-corrected chi connectivity index (χ0v) is 22.8. The van der Waals surface area contributed by atoms with Crippen LogP contribution in [0.3, 0.4) is 0 Å². The Morgan fingerprint density at radius 3 is 2.45 bits per heavy atom. The number of aliphatic hydroxyl groups excluding tert-OH is 2. The molecule has 40 heavy (non-hydrogen) atoms. The molecule has 1 amide bonds. The van der Waals surface area contributed by atoms with Crippen LogP contribution in [0.15, 0.2) is 59.5 Å². The summed E-state index contributed by atoms with van der Waals surface area (Å²) >= 11 is 0. The van der Waals surface area contributed by atoms with Gasteiger partial charge in [-0.05, 0) is 28.5 Å². The zero-order chi connectivity index (χ0) is 29.1. The average molecular weight is 599 g/mol. The molecule has 1 fully saturated rings. The second kappa shape index (κ2) is 12.4. The smallest absolute Gasteiger partial charge is 0.387 e. The molecule has 0 bridgehead atoms. The summed E-state index contributed by atoms with van der Waals surface area (Å²) in [6, 6.07) is 13.8. The van der Waals surface area contributed by atoms with Gasteiger partial charge >= 0.3 is 21.3 Å². The van der Waals surface area contributed by atoms with E-state index >= 15 is 0 Å². The molecule has 216 valence electrons. The summed E-state index contributed by atoms with van der Waals surface area (Å²) in [4.78, 5) is 47.4. The molecule has 1 aromatic heterocycles. The summed E-state index contributed by atoms with van der Waals surface area (Å²) < 4.78 is 44.7. The third-order valence-electron chi connectivity index (χ3n) is 5.85. The van der Waals surface area contributed by atoms with Crippen LogP contribution in [-0.4, -0.2) is 60.4 Å². The molecule has 5 N–H and O–H groups in total. The molecule has 2 aromatic carbocycles. The second-order valence-electron chi connectivity index (χ2n) is 8.72. The van der Waals surface area contributed by atoms with Gasteiger partial charge in [-0.3, -0.25) is 18.4 Å². The number of anilines is 1. The number of aliphatic hydroxyl groups is 2. The molecule has 15 nitrogen and oxygen atoms in total. The summed E-state index contributed by atoms with van der Waals surface area (Å²) in [6.45, 7) is 0.318. The van der Waals surface area contributed by atoms with Crippen molar-refractivity contribution in [3.63, 3.8) is 0 Å². The van der Waals surface area contributed by atoms with Crippen molar-refractivity contribution in [1.29, 1.82) is 0 Å². The Labute approximate surface area is 227 Å². The van der Waals surface area contributed by atoms with Gasteiger partial charge in [-0.15, -0.1) is 0 Å². The summed E-state index contributed by atoms with van der Waals surface area (Å²) in [6.07, 6.45) is -4.97. The number of phosphoric ester groups is 2. The van der Waals surface area contributed by atoms with Crippen molar-refractivity contribution in [2.45, 2.75) is 44.5 Å². The molecule has 17 heteroatoms. The Morgan fingerprint density at radius 1 is 1.05 bits per heavy atom. The van der Waals surface area contributed by atoms with Gasteiger partial charge < -0.3 is 30.1 Å². The molecule has 6 atom stereocenters. The molecular formula is C23H27N3O12P2. The number of phosphoric acid groups is 2. The van der Waals surface area contributed by atoms with Crippen LogP contribution in [0.4, 0.5) is 5.82 Å². The summed E-state index contributed by atoms with van der Waals surface area (Å²) in [5.41, 5.74) is -0.425. The molecule has 3 aromatic rings. The Balaban J connectivity index is 1.33. The Bertz CT molecular complexity index is 1530. The largest absolute Gasteiger partial charge is 0.481 e. The van der Waals surface area contributed by atoms with Crippen LogP contribution in [0.25, 0.3) is 10.8 Å². The van der Waals surface area contributed by atoms with E-state index in [9.17, 15) is 38.7 Å². The first-order valence-corrected chi connectivity index (χ1v) is 14.9. The first kappa shape index (κ1) is 30.2. The van der Waals surface area contributed by atoms with Crippen molar-refractivity contribution in [2.24, 2.45) is 0 Å². The van der Waals surface area contributed by atoms with Crippen LogP contribution in [-0.2, 0) is 38.6 Å². The van der Waals surface area contributed by atoms with Crippen LogP contribution < -0.4 is 11.0 Å². The van der Waals surface area contributed by atoms with E-state index in [0.29, 0.717) is 5.56 Å². The lowest BCUT2D eigenvalue weighted by Crippen LogP contribution is -2.36. The molecule has 0 radical (unpaired) electrons. The van der Waals surface area contributed by atoms with E-state index in [-0.39, 0.29) is 18.1 Å². The van der Waals surface area contributed by atoms with E-state index in [0.717, 1.165) is 15.3 Å². The van der Waals surface area contributed by atoms with Crippen LogP contribution >= 0.6 is 15.6 Å². The van der Waals surface area contributed by atoms with Gasteiger partial charge in [0, 0.05) is 12.6 Å². The summed E-state index contributed by atoms with van der Waals surface area (Å²) in [7, 11) is -10.3. The van der Waals surface area contributed by atoms with Gasteiger partial charge in [0.15, 0.2) is 6.23 Å². The number of aromatic nitrogens is 2. The zero-order valence-electron chi connectivity index (χ0n) is 21.0. The maximum Gasteiger partial charge on any atom is 0.481 e. The molecule has 1 aliphatic rings. The van der Waals surface area contributed by atoms with Crippen LogP contribution in [0.5, 0.6) is 0 Å². The predicted molar refractivity (Wildman–Crippen MR) is 139 cm³/mol. The van der Waals surface area contributed by atoms with E-state index in [4.69, 9.17) is 13.8 Å². The van der Waals surface area contributed by atoms with Gasteiger partial charge in [0.2, 0.25) is 5.91 Å². The number of fused-ring (bicyclic) bond motifs is 1. The van der Waals surface area contributed by atoms with Crippen molar-refractivity contribution >= 4 is 38.1 Å². The number of carbonyl (C=O) groups excluding carboxylic acids is 1. The quantitative estimate of drug-likeness (QED) is 0.199. The fourth-order valence-corrected chi connectivity index (χ4v) is 5.90. The van der Waals surface area contributed by atoms with Crippen molar-refractivity contribution in [1.82, 2.24) is 9.55 Å². The maximum absolute atomic E-state index is 12.4. The first-order chi connectivity index (χ1) is 18.9. The minimum atomic E-state index is -5.23. The van der Waals surface area contributed by atoms with E-state index in [1.165, 1.54) is 12.3 Å². The van der Waals surface area contributed by atoms with Gasteiger partial charge in [-0.25, -0.2) is 13.9 Å². The number of benzene rings is 2. The number of amides is 1.